The first-order valence-corrected chi connectivity index (χ1v) is 11.2. The van der Waals surface area contributed by atoms with Crippen molar-refractivity contribution in [3.05, 3.63) is 29.3 Å². The normalized spacial score (nSPS) is 15.9. The molecule has 1 amide bonds. The standard InChI is InChI=1S/C19H32N4O3S/c1-4-23(5-2)27(25,26)17-8-7-16(3)18(15-17)19(24)21-9-6-12-22-13-10-20-11-14-22/h7-8,15,20H,4-6,9-14H2,1-3H3,(H,21,24). The fourth-order valence-corrected chi connectivity index (χ4v) is 4.74. The lowest BCUT2D eigenvalue weighted by Gasteiger charge is -2.27. The zero-order chi connectivity index (χ0) is 19.9. The summed E-state index contributed by atoms with van der Waals surface area (Å²) in [5, 5.41) is 6.25. The van der Waals surface area contributed by atoms with Crippen LogP contribution in [0.1, 0.15) is 36.2 Å². The highest BCUT2D eigenvalue weighted by molar-refractivity contribution is 7.89. The number of nitrogens with one attached hydrogen (secondary N) is 2. The molecule has 1 aromatic rings. The molecule has 0 aromatic heterocycles. The summed E-state index contributed by atoms with van der Waals surface area (Å²) < 4.78 is 26.8. The molecule has 2 rings (SSSR count). The molecule has 1 aliphatic heterocycles. The lowest BCUT2D eigenvalue weighted by atomic mass is 10.1. The van der Waals surface area contributed by atoms with Crippen LogP contribution in [0.4, 0.5) is 0 Å². The first-order chi connectivity index (χ1) is 12.9. The Labute approximate surface area is 163 Å². The maximum absolute atomic E-state index is 12.7. The number of carbonyl (C=O) groups excluding carboxylic acids is 1. The number of aryl methyl sites for hydroxylation is 1. The Bertz CT molecular complexity index is 726. The van der Waals surface area contributed by atoms with Gasteiger partial charge in [0.15, 0.2) is 0 Å². The van der Waals surface area contributed by atoms with Crippen molar-refractivity contribution in [2.24, 2.45) is 0 Å². The van der Waals surface area contributed by atoms with Crippen molar-refractivity contribution in [2.45, 2.75) is 32.1 Å². The molecule has 0 spiro atoms. The van der Waals surface area contributed by atoms with Crippen molar-refractivity contribution >= 4 is 15.9 Å². The Kier molecular flexibility index (Phi) is 8.22. The molecule has 152 valence electrons. The van der Waals surface area contributed by atoms with Gasteiger partial charge in [-0.25, -0.2) is 8.42 Å². The molecule has 0 unspecified atom stereocenters. The van der Waals surface area contributed by atoms with Crippen LogP contribution < -0.4 is 10.6 Å². The second-order valence-corrected chi connectivity index (χ2v) is 8.71. The molecule has 8 heteroatoms. The van der Waals surface area contributed by atoms with Gasteiger partial charge in [0.25, 0.3) is 5.91 Å². The van der Waals surface area contributed by atoms with Crippen LogP contribution in [-0.4, -0.2) is 75.9 Å². The molecule has 0 saturated carbocycles. The van der Waals surface area contributed by atoms with Gasteiger partial charge in [-0.15, -0.1) is 0 Å². The third-order valence-electron chi connectivity index (χ3n) is 4.94. The van der Waals surface area contributed by atoms with Crippen molar-refractivity contribution in [3.63, 3.8) is 0 Å². The summed E-state index contributed by atoms with van der Waals surface area (Å²) in [6.07, 6.45) is 0.877. The topological polar surface area (TPSA) is 81.8 Å². The van der Waals surface area contributed by atoms with Gasteiger partial charge in [0.2, 0.25) is 10.0 Å². The van der Waals surface area contributed by atoms with E-state index in [1.54, 1.807) is 26.0 Å². The fraction of sp³-hybridized carbons (Fsp3) is 0.632. The Balaban J connectivity index is 1.99. The van der Waals surface area contributed by atoms with Gasteiger partial charge in [-0.1, -0.05) is 19.9 Å². The zero-order valence-corrected chi connectivity index (χ0v) is 17.4. The maximum Gasteiger partial charge on any atom is 0.251 e. The van der Waals surface area contributed by atoms with Gasteiger partial charge < -0.3 is 15.5 Å². The maximum atomic E-state index is 12.7. The molecule has 1 aromatic carbocycles. The molecular formula is C19H32N4O3S. The first-order valence-electron chi connectivity index (χ1n) is 9.72. The molecule has 27 heavy (non-hydrogen) atoms. The summed E-state index contributed by atoms with van der Waals surface area (Å²) in [6.45, 7) is 11.9. The third-order valence-corrected chi connectivity index (χ3v) is 6.99. The monoisotopic (exact) mass is 396 g/mol. The minimum atomic E-state index is -3.57. The number of sulfonamides is 1. The van der Waals surface area contributed by atoms with E-state index >= 15 is 0 Å². The number of carbonyl (C=O) groups is 1. The molecular weight excluding hydrogens is 364 g/mol. The highest BCUT2D eigenvalue weighted by Crippen LogP contribution is 2.19. The second kappa shape index (κ2) is 10.2. The van der Waals surface area contributed by atoms with Gasteiger partial charge in [-0.05, 0) is 37.6 Å². The average Bonchev–Trinajstić information content (AvgIpc) is 2.67. The fourth-order valence-electron chi connectivity index (χ4n) is 3.25. The van der Waals surface area contributed by atoms with Gasteiger partial charge in [0.05, 0.1) is 4.90 Å². The zero-order valence-electron chi connectivity index (χ0n) is 16.6. The summed E-state index contributed by atoms with van der Waals surface area (Å²) >= 11 is 0. The van der Waals surface area contributed by atoms with Crippen LogP contribution >= 0.6 is 0 Å². The summed E-state index contributed by atoms with van der Waals surface area (Å²) in [6, 6.07) is 4.77. The molecule has 1 saturated heterocycles. The predicted octanol–water partition coefficient (Wildman–Crippen LogP) is 1.05. The van der Waals surface area contributed by atoms with Gasteiger partial charge in [-0.2, -0.15) is 4.31 Å². The van der Waals surface area contributed by atoms with Gasteiger partial charge in [0.1, 0.15) is 0 Å². The predicted molar refractivity (Wildman–Crippen MR) is 108 cm³/mol. The Morgan fingerprint density at radius 3 is 2.52 bits per heavy atom. The SMILES string of the molecule is CCN(CC)S(=O)(=O)c1ccc(C)c(C(=O)NCCCN2CCNCC2)c1. The lowest BCUT2D eigenvalue weighted by molar-refractivity contribution is 0.0950. The molecule has 7 nitrogen and oxygen atoms in total. The molecule has 1 heterocycles. The summed E-state index contributed by atoms with van der Waals surface area (Å²) in [5.41, 5.74) is 1.19. The number of amides is 1. The first kappa shape index (κ1) is 21.8. The molecule has 1 fully saturated rings. The van der Waals surface area contributed by atoms with Crippen molar-refractivity contribution in [1.29, 1.82) is 0 Å². The number of nitrogens with zero attached hydrogens (tertiary/aromatic N) is 2. The average molecular weight is 397 g/mol. The van der Waals surface area contributed by atoms with Crippen molar-refractivity contribution in [1.82, 2.24) is 19.8 Å². The van der Waals surface area contributed by atoms with Crippen molar-refractivity contribution in [3.8, 4) is 0 Å². The van der Waals surface area contributed by atoms with E-state index in [4.69, 9.17) is 0 Å². The summed E-state index contributed by atoms with van der Waals surface area (Å²) in [4.78, 5) is 15.1. The highest BCUT2D eigenvalue weighted by Gasteiger charge is 2.23. The molecule has 2 N–H and O–H groups in total. The van der Waals surface area contributed by atoms with Crippen LogP contribution in [0, 0.1) is 6.92 Å². The third kappa shape index (κ3) is 5.75. The number of piperazine rings is 1. The minimum Gasteiger partial charge on any atom is -0.352 e. The van der Waals surface area contributed by atoms with Crippen LogP contribution in [0.25, 0.3) is 0 Å². The van der Waals surface area contributed by atoms with Gasteiger partial charge in [-0.3, -0.25) is 4.79 Å². The van der Waals surface area contributed by atoms with Crippen LogP contribution in [0.15, 0.2) is 23.1 Å². The number of hydrogen-bond donors (Lipinski definition) is 2. The summed E-state index contributed by atoms with van der Waals surface area (Å²) in [7, 11) is -3.57. The van der Waals surface area contributed by atoms with E-state index in [1.807, 2.05) is 6.92 Å². The van der Waals surface area contributed by atoms with E-state index < -0.39 is 10.0 Å². The number of hydrogen-bond acceptors (Lipinski definition) is 5. The van der Waals surface area contributed by atoms with E-state index in [0.29, 0.717) is 25.2 Å². The number of benzene rings is 1. The largest absolute Gasteiger partial charge is 0.352 e. The van der Waals surface area contributed by atoms with E-state index in [9.17, 15) is 13.2 Å². The van der Waals surface area contributed by atoms with Crippen LogP contribution in [-0.2, 0) is 10.0 Å². The van der Waals surface area contributed by atoms with Crippen LogP contribution in [0.2, 0.25) is 0 Å². The molecule has 0 atom stereocenters. The van der Waals surface area contributed by atoms with E-state index in [-0.39, 0.29) is 10.8 Å². The van der Waals surface area contributed by atoms with Gasteiger partial charge >= 0.3 is 0 Å². The van der Waals surface area contributed by atoms with E-state index in [0.717, 1.165) is 44.7 Å². The minimum absolute atomic E-state index is 0.169. The Morgan fingerprint density at radius 2 is 1.89 bits per heavy atom. The van der Waals surface area contributed by atoms with Crippen molar-refractivity contribution in [2.75, 3.05) is 52.4 Å². The van der Waals surface area contributed by atoms with E-state index in [1.165, 1.54) is 10.4 Å². The highest BCUT2D eigenvalue weighted by atomic mass is 32.2. The van der Waals surface area contributed by atoms with Crippen LogP contribution in [0.3, 0.4) is 0 Å². The molecule has 0 bridgehead atoms. The quantitative estimate of drug-likeness (QED) is 0.610. The van der Waals surface area contributed by atoms with Crippen LogP contribution in [0.5, 0.6) is 0 Å². The molecule has 0 aliphatic carbocycles. The lowest BCUT2D eigenvalue weighted by Crippen LogP contribution is -2.44. The Hall–Kier alpha value is -1.48. The molecule has 0 radical (unpaired) electrons. The second-order valence-electron chi connectivity index (χ2n) is 6.77. The number of rotatable bonds is 9. The van der Waals surface area contributed by atoms with Crippen molar-refractivity contribution < 1.29 is 13.2 Å². The smallest absolute Gasteiger partial charge is 0.251 e. The van der Waals surface area contributed by atoms with Gasteiger partial charge in [0, 0.05) is 51.4 Å². The molecule has 1 aliphatic rings. The Morgan fingerprint density at radius 1 is 1.22 bits per heavy atom. The summed E-state index contributed by atoms with van der Waals surface area (Å²) in [5.74, 6) is -0.218. The van der Waals surface area contributed by atoms with E-state index in [2.05, 4.69) is 15.5 Å².